The maximum absolute atomic E-state index is 12.4. The molecule has 2 aromatic rings. The molecule has 0 spiro atoms. The summed E-state index contributed by atoms with van der Waals surface area (Å²) in [5.41, 5.74) is 0.867. The lowest BCUT2D eigenvalue weighted by Crippen LogP contribution is -2.44. The molecule has 146 valence electrons. The van der Waals surface area contributed by atoms with Crippen molar-refractivity contribution < 1.29 is 9.32 Å². The van der Waals surface area contributed by atoms with E-state index in [4.69, 9.17) is 16.1 Å². The van der Waals surface area contributed by atoms with Crippen molar-refractivity contribution in [1.82, 2.24) is 25.3 Å². The first kappa shape index (κ1) is 19.8. The van der Waals surface area contributed by atoms with E-state index in [1.807, 2.05) is 26.2 Å². The number of amides is 1. The van der Waals surface area contributed by atoms with E-state index in [9.17, 15) is 4.79 Å². The molecule has 1 fully saturated rings. The van der Waals surface area contributed by atoms with Crippen LogP contribution < -0.4 is 5.32 Å². The zero-order valence-electron chi connectivity index (χ0n) is 15.8. The largest absolute Gasteiger partial charge is 0.355 e. The molecule has 0 radical (unpaired) electrons. The summed E-state index contributed by atoms with van der Waals surface area (Å²) < 4.78 is 5.40. The van der Waals surface area contributed by atoms with Crippen LogP contribution in [0, 0.1) is 5.92 Å². The molecule has 27 heavy (non-hydrogen) atoms. The number of carbonyl (C=O) groups is 1. The van der Waals surface area contributed by atoms with Gasteiger partial charge in [0.25, 0.3) is 0 Å². The number of nitrogens with one attached hydrogen (secondary N) is 1. The lowest BCUT2D eigenvalue weighted by Gasteiger charge is -2.31. The van der Waals surface area contributed by atoms with Gasteiger partial charge >= 0.3 is 0 Å². The van der Waals surface area contributed by atoms with Gasteiger partial charge in [-0.15, -0.1) is 0 Å². The van der Waals surface area contributed by atoms with Crippen molar-refractivity contribution in [3.8, 4) is 11.4 Å². The molecular weight excluding hydrogens is 366 g/mol. The Morgan fingerprint density at radius 2 is 2.15 bits per heavy atom. The molecule has 1 aliphatic rings. The van der Waals surface area contributed by atoms with E-state index in [2.05, 4.69) is 25.3 Å². The minimum Gasteiger partial charge on any atom is -0.355 e. The average Bonchev–Trinajstić information content (AvgIpc) is 3.10. The van der Waals surface area contributed by atoms with Crippen molar-refractivity contribution in [2.24, 2.45) is 5.92 Å². The second-order valence-electron chi connectivity index (χ2n) is 7.19. The number of nitrogens with zero attached hydrogens (tertiary/aromatic N) is 4. The first-order valence-corrected chi connectivity index (χ1v) is 9.62. The predicted octanol–water partition coefficient (Wildman–Crippen LogP) is 2.28. The molecule has 0 aliphatic carbocycles. The van der Waals surface area contributed by atoms with E-state index >= 15 is 0 Å². The minimum absolute atomic E-state index is 0.0135. The monoisotopic (exact) mass is 391 g/mol. The van der Waals surface area contributed by atoms with Gasteiger partial charge in [0.15, 0.2) is 0 Å². The van der Waals surface area contributed by atoms with Crippen LogP contribution >= 0.6 is 11.6 Å². The van der Waals surface area contributed by atoms with Gasteiger partial charge in [-0.05, 0) is 57.7 Å². The minimum atomic E-state index is 0.0135. The Morgan fingerprint density at radius 1 is 1.37 bits per heavy atom. The van der Waals surface area contributed by atoms with E-state index < -0.39 is 0 Å². The summed E-state index contributed by atoms with van der Waals surface area (Å²) in [6.45, 7) is 3.72. The maximum atomic E-state index is 12.4. The van der Waals surface area contributed by atoms with Gasteiger partial charge in [-0.2, -0.15) is 4.98 Å². The molecule has 1 saturated heterocycles. The van der Waals surface area contributed by atoms with Crippen molar-refractivity contribution in [3.05, 3.63) is 35.2 Å². The zero-order valence-corrected chi connectivity index (χ0v) is 16.6. The highest BCUT2D eigenvalue weighted by molar-refractivity contribution is 6.30. The van der Waals surface area contributed by atoms with Crippen LogP contribution in [0.2, 0.25) is 5.02 Å². The smallest absolute Gasteiger partial charge is 0.241 e. The summed E-state index contributed by atoms with van der Waals surface area (Å²) in [5, 5.41) is 7.75. The Balaban J connectivity index is 1.53. The molecule has 1 unspecified atom stereocenters. The lowest BCUT2D eigenvalue weighted by molar-refractivity contribution is -0.126. The molecular formula is C19H26ClN5O2. The first-order valence-electron chi connectivity index (χ1n) is 9.24. The number of benzene rings is 1. The Bertz CT molecular complexity index is 747. The number of aromatic nitrogens is 2. The molecule has 1 N–H and O–H groups in total. The van der Waals surface area contributed by atoms with E-state index in [1.165, 1.54) is 0 Å². The summed E-state index contributed by atoms with van der Waals surface area (Å²) >= 11 is 5.91. The second-order valence-corrected chi connectivity index (χ2v) is 7.62. The standard InChI is InChI=1S/C19H26ClN5O2/c1-24(2)11-9-21-19(26)15-4-3-10-25(12-15)13-17-22-18(23-27-17)14-5-7-16(20)8-6-14/h5-8,15H,3-4,9-13H2,1-2H3,(H,21,26). The Kier molecular flexibility index (Phi) is 6.82. The topological polar surface area (TPSA) is 74.5 Å². The van der Waals surface area contributed by atoms with Gasteiger partial charge in [0, 0.05) is 30.2 Å². The van der Waals surface area contributed by atoms with Crippen molar-refractivity contribution in [3.63, 3.8) is 0 Å². The zero-order chi connectivity index (χ0) is 19.2. The number of carbonyl (C=O) groups excluding carboxylic acids is 1. The predicted molar refractivity (Wildman–Crippen MR) is 104 cm³/mol. The van der Waals surface area contributed by atoms with E-state index in [0.29, 0.717) is 36.4 Å². The highest BCUT2D eigenvalue weighted by atomic mass is 35.5. The third-order valence-electron chi connectivity index (χ3n) is 4.66. The van der Waals surface area contributed by atoms with Gasteiger partial charge in [0.1, 0.15) is 0 Å². The summed E-state index contributed by atoms with van der Waals surface area (Å²) in [5.74, 6) is 1.26. The molecule has 1 aromatic carbocycles. The van der Waals surface area contributed by atoms with Crippen LogP contribution in [0.5, 0.6) is 0 Å². The number of hydrogen-bond donors (Lipinski definition) is 1. The van der Waals surface area contributed by atoms with E-state index in [0.717, 1.165) is 31.5 Å². The Labute approximate surface area is 164 Å². The van der Waals surface area contributed by atoms with Crippen LogP contribution in [-0.4, -0.2) is 66.1 Å². The molecule has 0 saturated carbocycles. The number of hydrogen-bond acceptors (Lipinski definition) is 6. The Hall–Kier alpha value is -1.96. The van der Waals surface area contributed by atoms with Gasteiger partial charge in [-0.3, -0.25) is 9.69 Å². The molecule has 1 aromatic heterocycles. The number of halogens is 1. The van der Waals surface area contributed by atoms with Gasteiger partial charge < -0.3 is 14.7 Å². The van der Waals surface area contributed by atoms with Crippen LogP contribution in [0.4, 0.5) is 0 Å². The van der Waals surface area contributed by atoms with E-state index in [-0.39, 0.29) is 11.8 Å². The molecule has 8 heteroatoms. The molecule has 1 atom stereocenters. The number of rotatable bonds is 7. The van der Waals surface area contributed by atoms with Gasteiger partial charge in [-0.1, -0.05) is 16.8 Å². The first-order chi connectivity index (χ1) is 13.0. The van der Waals surface area contributed by atoms with Crippen LogP contribution in [0.3, 0.4) is 0 Å². The van der Waals surface area contributed by atoms with Crippen LogP contribution in [0.15, 0.2) is 28.8 Å². The average molecular weight is 392 g/mol. The van der Waals surface area contributed by atoms with Crippen molar-refractivity contribution in [2.75, 3.05) is 40.3 Å². The van der Waals surface area contributed by atoms with Crippen LogP contribution in [0.1, 0.15) is 18.7 Å². The van der Waals surface area contributed by atoms with Crippen LogP contribution in [-0.2, 0) is 11.3 Å². The van der Waals surface area contributed by atoms with E-state index in [1.54, 1.807) is 12.1 Å². The molecule has 1 aliphatic heterocycles. The van der Waals surface area contributed by atoms with Gasteiger partial charge in [-0.25, -0.2) is 0 Å². The fourth-order valence-corrected chi connectivity index (χ4v) is 3.31. The summed E-state index contributed by atoms with van der Waals surface area (Å²) in [4.78, 5) is 21.1. The van der Waals surface area contributed by atoms with Crippen molar-refractivity contribution in [2.45, 2.75) is 19.4 Å². The van der Waals surface area contributed by atoms with Gasteiger partial charge in [0.05, 0.1) is 12.5 Å². The SMILES string of the molecule is CN(C)CCNC(=O)C1CCCN(Cc2nc(-c3ccc(Cl)cc3)no2)C1. The summed E-state index contributed by atoms with van der Waals surface area (Å²) in [6.07, 6.45) is 1.91. The number of likely N-dealkylation sites (tertiary alicyclic amines) is 1. The Morgan fingerprint density at radius 3 is 2.89 bits per heavy atom. The maximum Gasteiger partial charge on any atom is 0.241 e. The quantitative estimate of drug-likeness (QED) is 0.780. The molecule has 2 heterocycles. The molecule has 1 amide bonds. The fraction of sp³-hybridized carbons (Fsp3) is 0.526. The van der Waals surface area contributed by atoms with Crippen molar-refractivity contribution in [1.29, 1.82) is 0 Å². The second kappa shape index (κ2) is 9.30. The third kappa shape index (κ3) is 5.76. The highest BCUT2D eigenvalue weighted by Gasteiger charge is 2.26. The van der Waals surface area contributed by atoms with Crippen LogP contribution in [0.25, 0.3) is 11.4 Å². The summed E-state index contributed by atoms with van der Waals surface area (Å²) in [7, 11) is 3.99. The fourth-order valence-electron chi connectivity index (χ4n) is 3.19. The number of piperidine rings is 1. The molecule has 3 rings (SSSR count). The molecule has 7 nitrogen and oxygen atoms in total. The normalized spacial score (nSPS) is 18.0. The lowest BCUT2D eigenvalue weighted by atomic mass is 9.97. The highest BCUT2D eigenvalue weighted by Crippen LogP contribution is 2.21. The summed E-state index contributed by atoms with van der Waals surface area (Å²) in [6, 6.07) is 7.34. The van der Waals surface area contributed by atoms with Crippen molar-refractivity contribution >= 4 is 17.5 Å². The third-order valence-corrected chi connectivity index (χ3v) is 4.92. The molecule has 0 bridgehead atoms. The number of likely N-dealkylation sites (N-methyl/N-ethyl adjacent to an activating group) is 1. The van der Waals surface area contributed by atoms with Gasteiger partial charge in [0.2, 0.25) is 17.6 Å².